The van der Waals surface area contributed by atoms with E-state index in [2.05, 4.69) is 0 Å². The van der Waals surface area contributed by atoms with Gasteiger partial charge in [-0.1, -0.05) is 42.5 Å². The summed E-state index contributed by atoms with van der Waals surface area (Å²) in [6.45, 7) is 8.01. The fourth-order valence-corrected chi connectivity index (χ4v) is 3.71. The molecule has 1 N–H and O–H groups in total. The van der Waals surface area contributed by atoms with Gasteiger partial charge in [0.05, 0.1) is 12.1 Å². The molecular weight excluding hydrogens is 366 g/mol. The number of carbonyl (C=O) groups is 1. The number of aliphatic hydroxyl groups excluding tert-OH is 1. The summed E-state index contributed by atoms with van der Waals surface area (Å²) in [5.74, 6) is 0.695. The molecule has 2 aromatic rings. The molecular formula is C24H31NO4. The van der Waals surface area contributed by atoms with Crippen LogP contribution < -0.4 is 4.74 Å². The summed E-state index contributed by atoms with van der Waals surface area (Å²) in [7, 11) is 0. The fraction of sp³-hybridized carbons (Fsp3) is 0.458. The SMILES string of the molecule is C[C@@H]1CC[C@H]([C@H](O)c2cccc(OCc3ccccc3)c2)N1C(=O)OC(C)(C)C. The van der Waals surface area contributed by atoms with E-state index in [0.717, 1.165) is 24.0 Å². The standard InChI is InChI=1S/C24H31NO4/c1-17-13-14-21(25(17)23(27)29-24(2,3)4)22(26)19-11-8-12-20(15-19)28-16-18-9-6-5-7-10-18/h5-12,15,17,21-22,26H,13-14,16H2,1-4H3/t17-,21-,22-/m1/s1. The number of likely N-dealkylation sites (tertiary alicyclic amines) is 1. The lowest BCUT2D eigenvalue weighted by Crippen LogP contribution is -2.45. The predicted octanol–water partition coefficient (Wildman–Crippen LogP) is 5.09. The van der Waals surface area contributed by atoms with Crippen LogP contribution in [0.15, 0.2) is 54.6 Å². The van der Waals surface area contributed by atoms with Gasteiger partial charge in [-0.05, 0) is 63.8 Å². The van der Waals surface area contributed by atoms with E-state index in [1.807, 2.05) is 82.3 Å². The molecule has 0 unspecified atom stereocenters. The zero-order valence-corrected chi connectivity index (χ0v) is 17.7. The van der Waals surface area contributed by atoms with Crippen LogP contribution in [0, 0.1) is 0 Å². The van der Waals surface area contributed by atoms with Crippen molar-refractivity contribution < 1.29 is 19.4 Å². The van der Waals surface area contributed by atoms with Crippen molar-refractivity contribution in [1.82, 2.24) is 4.90 Å². The summed E-state index contributed by atoms with van der Waals surface area (Å²) >= 11 is 0. The molecule has 1 aliphatic heterocycles. The summed E-state index contributed by atoms with van der Waals surface area (Å²) in [6, 6.07) is 17.1. The normalized spacial score (nSPS) is 20.4. The molecule has 5 nitrogen and oxygen atoms in total. The first-order valence-electron chi connectivity index (χ1n) is 10.2. The number of benzene rings is 2. The highest BCUT2D eigenvalue weighted by Crippen LogP contribution is 2.35. The van der Waals surface area contributed by atoms with E-state index in [4.69, 9.17) is 9.47 Å². The Morgan fingerprint density at radius 3 is 2.55 bits per heavy atom. The van der Waals surface area contributed by atoms with Gasteiger partial charge in [-0.2, -0.15) is 0 Å². The van der Waals surface area contributed by atoms with Gasteiger partial charge in [0, 0.05) is 6.04 Å². The highest BCUT2D eigenvalue weighted by Gasteiger charge is 2.41. The molecule has 0 radical (unpaired) electrons. The first-order valence-corrected chi connectivity index (χ1v) is 10.2. The van der Waals surface area contributed by atoms with Crippen LogP contribution in [0.3, 0.4) is 0 Å². The summed E-state index contributed by atoms with van der Waals surface area (Å²) in [6.07, 6.45) is 0.401. The second-order valence-electron chi connectivity index (χ2n) is 8.67. The summed E-state index contributed by atoms with van der Waals surface area (Å²) < 4.78 is 11.5. The molecule has 1 heterocycles. The summed E-state index contributed by atoms with van der Waals surface area (Å²) in [5, 5.41) is 11.1. The first kappa shape index (κ1) is 21.2. The number of rotatable bonds is 5. The Bertz CT molecular complexity index is 815. The average molecular weight is 398 g/mol. The number of carbonyl (C=O) groups excluding carboxylic acids is 1. The quantitative estimate of drug-likeness (QED) is 0.764. The molecule has 1 aliphatic rings. The zero-order valence-electron chi connectivity index (χ0n) is 17.7. The van der Waals surface area contributed by atoms with E-state index in [1.54, 1.807) is 4.90 Å². The lowest BCUT2D eigenvalue weighted by Gasteiger charge is -2.33. The van der Waals surface area contributed by atoms with Crippen molar-refractivity contribution in [3.8, 4) is 5.75 Å². The molecule has 0 aromatic heterocycles. The van der Waals surface area contributed by atoms with Crippen LogP contribution >= 0.6 is 0 Å². The molecule has 1 amide bonds. The third-order valence-corrected chi connectivity index (χ3v) is 5.13. The van der Waals surface area contributed by atoms with E-state index >= 15 is 0 Å². The molecule has 0 aliphatic carbocycles. The minimum atomic E-state index is -0.798. The van der Waals surface area contributed by atoms with Gasteiger partial charge in [-0.15, -0.1) is 0 Å². The van der Waals surface area contributed by atoms with Crippen molar-refractivity contribution in [3.05, 3.63) is 65.7 Å². The van der Waals surface area contributed by atoms with Gasteiger partial charge in [0.1, 0.15) is 18.0 Å². The van der Waals surface area contributed by atoms with Crippen molar-refractivity contribution in [3.63, 3.8) is 0 Å². The van der Waals surface area contributed by atoms with Gasteiger partial charge < -0.3 is 14.6 Å². The molecule has 5 heteroatoms. The van der Waals surface area contributed by atoms with E-state index < -0.39 is 11.7 Å². The number of aliphatic hydroxyl groups is 1. The molecule has 29 heavy (non-hydrogen) atoms. The summed E-state index contributed by atoms with van der Waals surface area (Å²) in [4.78, 5) is 14.4. The average Bonchev–Trinajstić information content (AvgIpc) is 3.07. The van der Waals surface area contributed by atoms with E-state index in [1.165, 1.54) is 0 Å². The van der Waals surface area contributed by atoms with Gasteiger partial charge in [0.2, 0.25) is 0 Å². The number of hydrogen-bond acceptors (Lipinski definition) is 4. The molecule has 2 aromatic carbocycles. The second kappa shape index (κ2) is 8.87. The minimum absolute atomic E-state index is 0.0296. The van der Waals surface area contributed by atoms with Gasteiger partial charge in [-0.25, -0.2) is 4.79 Å². The monoisotopic (exact) mass is 397 g/mol. The number of nitrogens with zero attached hydrogens (tertiary/aromatic N) is 1. The van der Waals surface area contributed by atoms with Gasteiger partial charge in [-0.3, -0.25) is 4.90 Å². The topological polar surface area (TPSA) is 59.0 Å². The highest BCUT2D eigenvalue weighted by atomic mass is 16.6. The highest BCUT2D eigenvalue weighted by molar-refractivity contribution is 5.69. The van der Waals surface area contributed by atoms with Crippen LogP contribution in [0.2, 0.25) is 0 Å². The zero-order chi connectivity index (χ0) is 21.0. The Kier molecular flexibility index (Phi) is 6.48. The molecule has 3 rings (SSSR count). The number of hydrogen-bond donors (Lipinski definition) is 1. The van der Waals surface area contributed by atoms with Crippen molar-refractivity contribution in [2.75, 3.05) is 0 Å². The van der Waals surface area contributed by atoms with Crippen LogP contribution in [-0.4, -0.2) is 33.8 Å². The van der Waals surface area contributed by atoms with E-state index in [0.29, 0.717) is 12.4 Å². The van der Waals surface area contributed by atoms with E-state index in [9.17, 15) is 9.90 Å². The van der Waals surface area contributed by atoms with E-state index in [-0.39, 0.29) is 18.2 Å². The fourth-order valence-electron chi connectivity index (χ4n) is 3.71. The third-order valence-electron chi connectivity index (χ3n) is 5.13. The van der Waals surface area contributed by atoms with Gasteiger partial charge in [0.15, 0.2) is 0 Å². The smallest absolute Gasteiger partial charge is 0.410 e. The predicted molar refractivity (Wildman–Crippen MR) is 113 cm³/mol. The van der Waals surface area contributed by atoms with Crippen molar-refractivity contribution in [2.45, 2.75) is 70.9 Å². The Labute approximate surface area is 173 Å². The maximum absolute atomic E-state index is 12.7. The molecule has 1 fully saturated rings. The Hall–Kier alpha value is -2.53. The minimum Gasteiger partial charge on any atom is -0.489 e. The molecule has 0 saturated carbocycles. The Morgan fingerprint density at radius 1 is 1.14 bits per heavy atom. The summed E-state index contributed by atoms with van der Waals surface area (Å²) in [5.41, 5.74) is 1.25. The number of amides is 1. The lowest BCUT2D eigenvalue weighted by atomic mass is 10.00. The maximum atomic E-state index is 12.7. The number of ether oxygens (including phenoxy) is 2. The van der Waals surface area contributed by atoms with Gasteiger partial charge >= 0.3 is 6.09 Å². The Balaban J connectivity index is 1.71. The third kappa shape index (κ3) is 5.51. The van der Waals surface area contributed by atoms with Crippen LogP contribution in [0.1, 0.15) is 57.8 Å². The van der Waals surface area contributed by atoms with Crippen molar-refractivity contribution in [1.29, 1.82) is 0 Å². The van der Waals surface area contributed by atoms with Crippen LogP contribution in [0.25, 0.3) is 0 Å². The molecule has 0 spiro atoms. The van der Waals surface area contributed by atoms with Crippen LogP contribution in [0.5, 0.6) is 5.75 Å². The molecule has 0 bridgehead atoms. The lowest BCUT2D eigenvalue weighted by molar-refractivity contribution is -0.00293. The second-order valence-corrected chi connectivity index (χ2v) is 8.67. The van der Waals surface area contributed by atoms with Crippen LogP contribution in [-0.2, 0) is 11.3 Å². The molecule has 3 atom stereocenters. The van der Waals surface area contributed by atoms with Gasteiger partial charge in [0.25, 0.3) is 0 Å². The Morgan fingerprint density at radius 2 is 1.86 bits per heavy atom. The van der Waals surface area contributed by atoms with Crippen LogP contribution in [0.4, 0.5) is 4.79 Å². The van der Waals surface area contributed by atoms with Crippen molar-refractivity contribution >= 4 is 6.09 Å². The molecule has 1 saturated heterocycles. The largest absolute Gasteiger partial charge is 0.489 e. The molecule has 156 valence electrons. The van der Waals surface area contributed by atoms with Crippen molar-refractivity contribution in [2.24, 2.45) is 0 Å². The maximum Gasteiger partial charge on any atom is 0.410 e. The first-order chi connectivity index (χ1) is 13.7.